The number of hydrogen-bond donors (Lipinski definition) is 2. The van der Waals surface area contributed by atoms with E-state index in [4.69, 9.17) is 4.42 Å². The van der Waals surface area contributed by atoms with Crippen LogP contribution >= 0.6 is 0 Å². The van der Waals surface area contributed by atoms with Gasteiger partial charge in [0.05, 0.1) is 0 Å². The van der Waals surface area contributed by atoms with Crippen molar-refractivity contribution in [1.29, 1.82) is 0 Å². The van der Waals surface area contributed by atoms with Gasteiger partial charge < -0.3 is 14.6 Å². The van der Waals surface area contributed by atoms with Gasteiger partial charge in [0.2, 0.25) is 5.89 Å². The monoisotopic (exact) mass is 323 g/mol. The predicted octanol–water partition coefficient (Wildman–Crippen LogP) is 2.99. The minimum absolute atomic E-state index is 0.319. The first kappa shape index (κ1) is 16.1. The van der Waals surface area contributed by atoms with Crippen LogP contribution < -0.4 is 0 Å². The molecule has 5 heteroatoms. The Balaban J connectivity index is 1.99. The molecule has 0 fully saturated rings. The van der Waals surface area contributed by atoms with E-state index < -0.39 is 18.0 Å². The first-order valence-corrected chi connectivity index (χ1v) is 7.54. The van der Waals surface area contributed by atoms with Crippen LogP contribution in [-0.4, -0.2) is 27.1 Å². The van der Waals surface area contributed by atoms with Crippen molar-refractivity contribution in [2.75, 3.05) is 0 Å². The Bertz CT molecular complexity index is 841. The molecular weight excluding hydrogens is 306 g/mol. The van der Waals surface area contributed by atoms with Crippen LogP contribution in [0.1, 0.15) is 18.6 Å². The van der Waals surface area contributed by atoms with Gasteiger partial charge in [0.1, 0.15) is 24.2 Å². The number of carbonyl (C=O) groups excluding carboxylic acids is 1. The highest BCUT2D eigenvalue weighted by Crippen LogP contribution is 2.31. The van der Waals surface area contributed by atoms with Crippen LogP contribution in [0.5, 0.6) is 0 Å². The van der Waals surface area contributed by atoms with Gasteiger partial charge in [0.15, 0.2) is 5.78 Å². The van der Waals surface area contributed by atoms with Crippen LogP contribution in [0.4, 0.5) is 0 Å². The van der Waals surface area contributed by atoms with Gasteiger partial charge in [-0.25, -0.2) is 4.98 Å². The Morgan fingerprint density at radius 3 is 2.42 bits per heavy atom. The van der Waals surface area contributed by atoms with Crippen molar-refractivity contribution < 1.29 is 19.4 Å². The average Bonchev–Trinajstić information content (AvgIpc) is 3.11. The lowest BCUT2D eigenvalue weighted by Gasteiger charge is -2.17. The summed E-state index contributed by atoms with van der Waals surface area (Å²) in [5.74, 6) is -0.186. The fourth-order valence-corrected chi connectivity index (χ4v) is 2.48. The Labute approximate surface area is 139 Å². The number of ketones is 1. The van der Waals surface area contributed by atoms with E-state index in [-0.39, 0.29) is 0 Å². The zero-order valence-corrected chi connectivity index (χ0v) is 13.1. The molecule has 2 atom stereocenters. The molecule has 24 heavy (non-hydrogen) atoms. The van der Waals surface area contributed by atoms with Crippen molar-refractivity contribution in [1.82, 2.24) is 4.98 Å². The van der Waals surface area contributed by atoms with E-state index in [2.05, 4.69) is 4.98 Å². The third-order valence-corrected chi connectivity index (χ3v) is 3.80. The molecule has 3 aromatic rings. The number of oxazole rings is 1. The van der Waals surface area contributed by atoms with Crippen LogP contribution in [0.25, 0.3) is 22.7 Å². The van der Waals surface area contributed by atoms with Crippen molar-refractivity contribution in [3.8, 4) is 22.7 Å². The summed E-state index contributed by atoms with van der Waals surface area (Å²) in [6.45, 7) is 1.23. The molecule has 0 radical (unpaired) electrons. The van der Waals surface area contributed by atoms with Crippen molar-refractivity contribution in [2.45, 2.75) is 19.1 Å². The lowest BCUT2D eigenvalue weighted by molar-refractivity contribution is -0.130. The molecule has 3 rings (SSSR count). The molecule has 2 N–H and O–H groups in total. The molecule has 1 aromatic heterocycles. The largest absolute Gasteiger partial charge is 0.444 e. The molecule has 5 nitrogen and oxygen atoms in total. The summed E-state index contributed by atoms with van der Waals surface area (Å²) in [5.41, 5.74) is 2.51. The SMILES string of the molecule is CC(=O)C(O)C(O)c1ccccc1-c1nc(-c2ccccc2)co1. The lowest BCUT2D eigenvalue weighted by Crippen LogP contribution is -2.26. The fourth-order valence-electron chi connectivity index (χ4n) is 2.48. The Hall–Kier alpha value is -2.76. The molecule has 0 spiro atoms. The molecule has 1 heterocycles. The number of carbonyl (C=O) groups is 1. The third-order valence-electron chi connectivity index (χ3n) is 3.80. The predicted molar refractivity (Wildman–Crippen MR) is 89.0 cm³/mol. The minimum atomic E-state index is -1.49. The second-order valence-corrected chi connectivity index (χ2v) is 5.49. The van der Waals surface area contributed by atoms with Crippen LogP contribution in [-0.2, 0) is 4.79 Å². The van der Waals surface area contributed by atoms with Gasteiger partial charge in [-0.15, -0.1) is 0 Å². The number of nitrogens with zero attached hydrogens (tertiary/aromatic N) is 1. The molecule has 0 aliphatic rings. The second-order valence-electron chi connectivity index (χ2n) is 5.49. The normalized spacial score (nSPS) is 13.5. The molecule has 0 aliphatic carbocycles. The molecule has 2 unspecified atom stereocenters. The van der Waals surface area contributed by atoms with Crippen molar-refractivity contribution in [2.24, 2.45) is 0 Å². The zero-order valence-electron chi connectivity index (χ0n) is 13.1. The number of aliphatic hydroxyl groups is 2. The standard InChI is InChI=1S/C19H17NO4/c1-12(21)17(22)18(23)14-9-5-6-10-15(14)19-20-16(11-24-19)13-7-3-2-4-8-13/h2-11,17-18,22-23H,1H3. The van der Waals surface area contributed by atoms with Crippen LogP contribution in [0, 0.1) is 0 Å². The Morgan fingerprint density at radius 2 is 1.71 bits per heavy atom. The number of benzene rings is 2. The maximum absolute atomic E-state index is 11.3. The van der Waals surface area contributed by atoms with Gasteiger partial charge in [-0.3, -0.25) is 4.79 Å². The summed E-state index contributed by atoms with van der Waals surface area (Å²) in [5, 5.41) is 20.1. The molecule has 0 saturated heterocycles. The summed E-state index contributed by atoms with van der Waals surface area (Å²) < 4.78 is 5.55. The summed E-state index contributed by atoms with van der Waals surface area (Å²) in [6, 6.07) is 16.4. The first-order chi connectivity index (χ1) is 11.6. The van der Waals surface area contributed by atoms with Gasteiger partial charge in [0.25, 0.3) is 0 Å². The summed E-state index contributed by atoms with van der Waals surface area (Å²) in [7, 11) is 0. The number of aliphatic hydroxyl groups excluding tert-OH is 2. The Kier molecular flexibility index (Phi) is 4.55. The van der Waals surface area contributed by atoms with E-state index in [0.29, 0.717) is 22.7 Å². The molecular formula is C19H17NO4. The number of Topliss-reactive ketones (excluding diaryl/α,β-unsaturated/α-hetero) is 1. The highest BCUT2D eigenvalue weighted by Gasteiger charge is 2.26. The number of hydrogen-bond acceptors (Lipinski definition) is 5. The van der Waals surface area contributed by atoms with E-state index in [0.717, 1.165) is 5.56 Å². The highest BCUT2D eigenvalue weighted by atomic mass is 16.3. The zero-order chi connectivity index (χ0) is 17.1. The second kappa shape index (κ2) is 6.78. The van der Waals surface area contributed by atoms with Crippen molar-refractivity contribution >= 4 is 5.78 Å². The molecule has 0 saturated carbocycles. The molecule has 0 aliphatic heterocycles. The third kappa shape index (κ3) is 3.13. The number of rotatable bonds is 5. The summed E-state index contributed by atoms with van der Waals surface area (Å²) in [4.78, 5) is 15.8. The van der Waals surface area contributed by atoms with E-state index in [1.54, 1.807) is 24.3 Å². The van der Waals surface area contributed by atoms with Gasteiger partial charge in [-0.2, -0.15) is 0 Å². The van der Waals surface area contributed by atoms with Crippen LogP contribution in [0.2, 0.25) is 0 Å². The van der Waals surface area contributed by atoms with E-state index in [1.165, 1.54) is 13.2 Å². The van der Waals surface area contributed by atoms with Gasteiger partial charge in [-0.1, -0.05) is 48.5 Å². The van der Waals surface area contributed by atoms with Gasteiger partial charge >= 0.3 is 0 Å². The van der Waals surface area contributed by atoms with E-state index in [9.17, 15) is 15.0 Å². The topological polar surface area (TPSA) is 83.6 Å². The molecule has 0 bridgehead atoms. The maximum atomic E-state index is 11.3. The first-order valence-electron chi connectivity index (χ1n) is 7.54. The lowest BCUT2D eigenvalue weighted by atomic mass is 9.97. The molecule has 2 aromatic carbocycles. The average molecular weight is 323 g/mol. The number of aromatic nitrogens is 1. The minimum Gasteiger partial charge on any atom is -0.444 e. The van der Waals surface area contributed by atoms with Crippen LogP contribution in [0.3, 0.4) is 0 Å². The quantitative estimate of drug-likeness (QED) is 0.754. The highest BCUT2D eigenvalue weighted by molar-refractivity contribution is 5.81. The smallest absolute Gasteiger partial charge is 0.226 e. The fraction of sp³-hybridized carbons (Fsp3) is 0.158. The van der Waals surface area contributed by atoms with Gasteiger partial charge in [-0.05, 0) is 18.6 Å². The van der Waals surface area contributed by atoms with Gasteiger partial charge in [0, 0.05) is 11.1 Å². The summed E-state index contributed by atoms with van der Waals surface area (Å²) in [6.07, 6.45) is -1.30. The van der Waals surface area contributed by atoms with E-state index >= 15 is 0 Å². The molecule has 0 amide bonds. The molecule has 122 valence electrons. The maximum Gasteiger partial charge on any atom is 0.226 e. The van der Waals surface area contributed by atoms with Crippen molar-refractivity contribution in [3.05, 3.63) is 66.4 Å². The summed E-state index contributed by atoms with van der Waals surface area (Å²) >= 11 is 0. The van der Waals surface area contributed by atoms with Crippen molar-refractivity contribution in [3.63, 3.8) is 0 Å². The van der Waals surface area contributed by atoms with Crippen LogP contribution in [0.15, 0.2) is 65.3 Å². The van der Waals surface area contributed by atoms with E-state index in [1.807, 2.05) is 30.3 Å². The Morgan fingerprint density at radius 1 is 1.04 bits per heavy atom.